The second kappa shape index (κ2) is 7.27. The normalized spacial score (nSPS) is 24.0. The number of aliphatic hydroxyl groups is 2. The molecule has 146 valence electrons. The van der Waals surface area contributed by atoms with Crippen molar-refractivity contribution in [1.82, 2.24) is 4.90 Å². The number of ether oxygens (including phenoxy) is 3. The van der Waals surface area contributed by atoms with Gasteiger partial charge in [-0.2, -0.15) is 0 Å². The largest absolute Gasteiger partial charge is 0.508 e. The third kappa shape index (κ3) is 2.88. The van der Waals surface area contributed by atoms with Crippen LogP contribution >= 0.6 is 12.4 Å². The minimum Gasteiger partial charge on any atom is -0.508 e. The zero-order valence-electron chi connectivity index (χ0n) is 15.6. The molecular weight excluding hydrogens is 370 g/mol. The van der Waals surface area contributed by atoms with E-state index < -0.39 is 0 Å². The summed E-state index contributed by atoms with van der Waals surface area (Å²) >= 11 is 0. The second-order valence-electron chi connectivity index (χ2n) is 6.71. The number of aliphatic hydroxyl groups excluding tert-OH is 2. The lowest BCUT2D eigenvalue weighted by Gasteiger charge is -2.43. The van der Waals surface area contributed by atoms with Gasteiger partial charge in [-0.25, -0.2) is 0 Å². The first-order chi connectivity index (χ1) is 12.6. The Morgan fingerprint density at radius 3 is 2.44 bits per heavy atom. The lowest BCUT2D eigenvalue weighted by molar-refractivity contribution is 0.174. The van der Waals surface area contributed by atoms with Crippen LogP contribution in [0.2, 0.25) is 0 Å². The van der Waals surface area contributed by atoms with E-state index in [4.69, 9.17) is 14.2 Å². The summed E-state index contributed by atoms with van der Waals surface area (Å²) in [5.74, 6) is 2.22. The van der Waals surface area contributed by atoms with Crippen molar-refractivity contribution in [2.24, 2.45) is 5.92 Å². The first-order valence-corrected chi connectivity index (χ1v) is 8.68. The molecule has 1 atom stereocenters. The summed E-state index contributed by atoms with van der Waals surface area (Å²) in [6.07, 6.45) is 7.94. The summed E-state index contributed by atoms with van der Waals surface area (Å²) < 4.78 is 16.8. The zero-order chi connectivity index (χ0) is 18.4. The van der Waals surface area contributed by atoms with Crippen molar-refractivity contribution < 1.29 is 24.4 Å². The summed E-state index contributed by atoms with van der Waals surface area (Å²) in [5.41, 5.74) is 4.24. The third-order valence-electron chi connectivity index (χ3n) is 5.43. The van der Waals surface area contributed by atoms with Crippen LogP contribution in [0.3, 0.4) is 0 Å². The van der Waals surface area contributed by atoms with Crippen molar-refractivity contribution in [2.45, 2.75) is 19.3 Å². The van der Waals surface area contributed by atoms with Crippen molar-refractivity contribution in [1.29, 1.82) is 0 Å². The molecule has 6 nitrogen and oxygen atoms in total. The average Bonchev–Trinajstić information content (AvgIpc) is 2.66. The van der Waals surface area contributed by atoms with Gasteiger partial charge in [0.25, 0.3) is 0 Å². The van der Waals surface area contributed by atoms with Crippen LogP contribution in [0.25, 0.3) is 0 Å². The maximum absolute atomic E-state index is 10.00. The Morgan fingerprint density at radius 1 is 1.04 bits per heavy atom. The number of nitrogens with zero attached hydrogens (tertiary/aromatic N) is 1. The molecule has 0 bridgehead atoms. The molecule has 0 fully saturated rings. The van der Waals surface area contributed by atoms with Gasteiger partial charge in [0.2, 0.25) is 0 Å². The molecule has 0 spiro atoms. The minimum absolute atomic E-state index is 0. The Bertz CT molecular complexity index is 846. The smallest absolute Gasteiger partial charge is 0.199 e. The molecule has 0 radical (unpaired) electrons. The highest BCUT2D eigenvalue weighted by atomic mass is 35.5. The summed E-state index contributed by atoms with van der Waals surface area (Å²) in [6, 6.07) is 0. The summed E-state index contributed by atoms with van der Waals surface area (Å²) in [6.45, 7) is 0.706. The van der Waals surface area contributed by atoms with Gasteiger partial charge >= 0.3 is 0 Å². The number of fused-ring (bicyclic) bond motifs is 5. The zero-order valence-corrected chi connectivity index (χ0v) is 16.4. The number of hydrogen-bond donors (Lipinski definition) is 2. The van der Waals surface area contributed by atoms with E-state index >= 15 is 0 Å². The molecule has 2 aliphatic heterocycles. The van der Waals surface area contributed by atoms with Gasteiger partial charge in [-0.3, -0.25) is 0 Å². The van der Waals surface area contributed by atoms with Gasteiger partial charge in [-0.1, -0.05) is 12.2 Å². The van der Waals surface area contributed by atoms with Crippen molar-refractivity contribution in [3.8, 4) is 0 Å². The predicted molar refractivity (Wildman–Crippen MR) is 103 cm³/mol. The Kier molecular flexibility index (Phi) is 5.20. The molecule has 0 saturated carbocycles. The lowest BCUT2D eigenvalue weighted by Crippen LogP contribution is -2.37. The van der Waals surface area contributed by atoms with E-state index in [1.807, 2.05) is 0 Å². The van der Waals surface area contributed by atoms with Crippen molar-refractivity contribution in [3.05, 3.63) is 69.6 Å². The van der Waals surface area contributed by atoms with Crippen molar-refractivity contribution >= 4 is 12.4 Å². The van der Waals surface area contributed by atoms with E-state index in [1.165, 1.54) is 0 Å². The van der Waals surface area contributed by atoms with Crippen LogP contribution in [0, 0.1) is 5.92 Å². The van der Waals surface area contributed by atoms with E-state index in [0.29, 0.717) is 30.9 Å². The van der Waals surface area contributed by atoms with Crippen LogP contribution < -0.4 is 0 Å². The van der Waals surface area contributed by atoms with Crippen molar-refractivity contribution in [3.63, 3.8) is 0 Å². The maximum atomic E-state index is 10.00. The SMILES string of the molecule is COC1=C(OC)C(OC)=C2C(=CCN3C2=CC[C@H]2CC(O)=C(O)C=C23)C1.Cl. The average molecular weight is 394 g/mol. The van der Waals surface area contributed by atoms with E-state index in [0.717, 1.165) is 34.7 Å². The number of methoxy groups -OCH3 is 3. The van der Waals surface area contributed by atoms with Crippen LogP contribution in [-0.2, 0) is 14.2 Å². The molecule has 0 amide bonds. The fourth-order valence-corrected chi connectivity index (χ4v) is 4.18. The van der Waals surface area contributed by atoms with Crippen LogP contribution in [0.5, 0.6) is 0 Å². The van der Waals surface area contributed by atoms with E-state index in [1.54, 1.807) is 27.4 Å². The Morgan fingerprint density at radius 2 is 1.78 bits per heavy atom. The van der Waals surface area contributed by atoms with Crippen LogP contribution in [0.15, 0.2) is 69.6 Å². The Hall–Kier alpha value is -2.47. The lowest BCUT2D eigenvalue weighted by atomic mass is 9.81. The van der Waals surface area contributed by atoms with E-state index in [-0.39, 0.29) is 29.8 Å². The molecule has 2 heterocycles. The Balaban J connectivity index is 0.00000210. The maximum Gasteiger partial charge on any atom is 0.199 e. The molecule has 2 aliphatic carbocycles. The minimum atomic E-state index is -0.0454. The molecule has 4 rings (SSSR count). The molecule has 0 aromatic carbocycles. The first-order valence-electron chi connectivity index (χ1n) is 8.68. The molecule has 0 aromatic rings. The van der Waals surface area contributed by atoms with Gasteiger partial charge in [0.15, 0.2) is 17.3 Å². The van der Waals surface area contributed by atoms with Crippen LogP contribution in [0.1, 0.15) is 19.3 Å². The molecular formula is C20H24ClNO5. The molecule has 0 unspecified atom stereocenters. The van der Waals surface area contributed by atoms with Crippen molar-refractivity contribution in [2.75, 3.05) is 27.9 Å². The summed E-state index contributed by atoms with van der Waals surface area (Å²) in [4.78, 5) is 2.18. The number of allylic oxidation sites excluding steroid dienone is 6. The molecule has 4 aliphatic rings. The molecule has 0 aromatic heterocycles. The molecule has 27 heavy (non-hydrogen) atoms. The highest BCUT2D eigenvalue weighted by Crippen LogP contribution is 2.47. The highest BCUT2D eigenvalue weighted by Gasteiger charge is 2.39. The predicted octanol–water partition coefficient (Wildman–Crippen LogP) is 3.98. The fourth-order valence-electron chi connectivity index (χ4n) is 4.18. The monoisotopic (exact) mass is 393 g/mol. The summed E-state index contributed by atoms with van der Waals surface area (Å²) in [7, 11) is 4.89. The fraction of sp³-hybridized carbons (Fsp3) is 0.400. The second-order valence-corrected chi connectivity index (χ2v) is 6.71. The molecule has 0 saturated heterocycles. The van der Waals surface area contributed by atoms with E-state index in [2.05, 4.69) is 17.1 Å². The Labute approximate surface area is 164 Å². The molecule has 7 heteroatoms. The van der Waals surface area contributed by atoms with Gasteiger partial charge < -0.3 is 29.3 Å². The summed E-state index contributed by atoms with van der Waals surface area (Å²) in [5, 5.41) is 19.9. The van der Waals surface area contributed by atoms with Gasteiger partial charge in [0.1, 0.15) is 11.5 Å². The number of rotatable bonds is 3. The van der Waals surface area contributed by atoms with Gasteiger partial charge in [-0.05, 0) is 12.0 Å². The molecule has 2 N–H and O–H groups in total. The number of hydrogen-bond acceptors (Lipinski definition) is 6. The first kappa shape index (κ1) is 19.3. The van der Waals surface area contributed by atoms with Gasteiger partial charge in [0, 0.05) is 48.3 Å². The van der Waals surface area contributed by atoms with E-state index in [9.17, 15) is 10.2 Å². The quantitative estimate of drug-likeness (QED) is 0.755. The highest BCUT2D eigenvalue weighted by molar-refractivity contribution is 5.85. The van der Waals surface area contributed by atoms with Gasteiger partial charge in [0.05, 0.1) is 21.3 Å². The van der Waals surface area contributed by atoms with Crippen LogP contribution in [0.4, 0.5) is 0 Å². The topological polar surface area (TPSA) is 71.4 Å². The van der Waals surface area contributed by atoms with Crippen LogP contribution in [-0.4, -0.2) is 43.0 Å². The number of halogens is 1. The van der Waals surface area contributed by atoms with Gasteiger partial charge in [-0.15, -0.1) is 12.4 Å². The third-order valence-corrected chi connectivity index (χ3v) is 5.43. The standard InChI is InChI=1S/C20H23NO5.ClH/c1-24-17-9-12-6-7-21-13(18(12)20(26-3)19(17)25-2)5-4-11-8-15(22)16(23)10-14(11)21;/h5-6,10-11,22-23H,4,7-9H2,1-3H3;1H/t11-;/m0./s1.